The van der Waals surface area contributed by atoms with Gasteiger partial charge in [-0.1, -0.05) is 53.4 Å². The highest BCUT2D eigenvalue weighted by Crippen LogP contribution is 2.46. The summed E-state index contributed by atoms with van der Waals surface area (Å²) >= 11 is 0. The third kappa shape index (κ3) is 8.99. The van der Waals surface area contributed by atoms with E-state index in [4.69, 9.17) is 0 Å². The van der Waals surface area contributed by atoms with Gasteiger partial charge in [-0.3, -0.25) is 0 Å². The van der Waals surface area contributed by atoms with Crippen LogP contribution in [0.4, 0.5) is 0 Å². The maximum atomic E-state index is 2.59. The summed E-state index contributed by atoms with van der Waals surface area (Å²) in [5.74, 6) is 5.49. The molecule has 0 saturated carbocycles. The largest absolute Gasteiger partial charge is 0.244 e. The third-order valence-corrected chi connectivity index (χ3v) is 7.99. The van der Waals surface area contributed by atoms with Gasteiger partial charge in [0.2, 0.25) is 0 Å². The van der Waals surface area contributed by atoms with Gasteiger partial charge in [-0.15, -0.1) is 0 Å². The van der Waals surface area contributed by atoms with Gasteiger partial charge in [-0.25, -0.2) is 10.0 Å². The van der Waals surface area contributed by atoms with Crippen LogP contribution in [0.5, 0.6) is 0 Å². The molecule has 0 heterocycles. The molecule has 0 spiro atoms. The lowest BCUT2D eigenvalue weighted by Crippen LogP contribution is -2.11. The van der Waals surface area contributed by atoms with Gasteiger partial charge in [0.25, 0.3) is 0 Å². The molecule has 1 heteroatoms. The van der Waals surface area contributed by atoms with Crippen LogP contribution in [0.15, 0.2) is 0 Å². The molecule has 1 atom stereocenters. The summed E-state index contributed by atoms with van der Waals surface area (Å²) in [5.41, 5.74) is 0. The van der Waals surface area contributed by atoms with Crippen molar-refractivity contribution < 1.29 is 0 Å². The topological polar surface area (TPSA) is 0 Å². The third-order valence-electron chi connectivity index (χ3n) is 3.92. The maximum Gasteiger partial charge on any atom is -0.0230 e. The number of rotatable bonds is 11. The van der Waals surface area contributed by atoms with Crippen molar-refractivity contribution >= 4 is 10.0 Å². The molecule has 0 aromatic heterocycles. The van der Waals surface area contributed by atoms with E-state index < -0.39 is 0 Å². The highest BCUT2D eigenvalue weighted by atomic mass is 32.3. The van der Waals surface area contributed by atoms with E-state index in [1.54, 1.807) is 0 Å². The van der Waals surface area contributed by atoms with Crippen molar-refractivity contribution in [3.8, 4) is 0 Å². The Labute approximate surface area is 112 Å². The van der Waals surface area contributed by atoms with Gasteiger partial charge < -0.3 is 0 Å². The first kappa shape index (κ1) is 17.4. The Balaban J connectivity index is 3.67. The molecule has 0 saturated heterocycles. The van der Waals surface area contributed by atoms with Gasteiger partial charge in [-0.2, -0.15) is 0 Å². The number of hydrogen-bond acceptors (Lipinski definition) is 0. The molecule has 0 amide bonds. The first-order valence-electron chi connectivity index (χ1n) is 7.79. The molecule has 0 aromatic rings. The second-order valence-electron chi connectivity index (χ2n) is 5.95. The van der Waals surface area contributed by atoms with Crippen LogP contribution in [0.3, 0.4) is 0 Å². The summed E-state index contributed by atoms with van der Waals surface area (Å²) < 4.78 is 0. The lowest BCUT2D eigenvalue weighted by atomic mass is 10.0. The SMILES string of the molecule is CCCS(C)(CCC)CCCCCC(C)CC. The lowest BCUT2D eigenvalue weighted by Gasteiger charge is -2.36. The van der Waals surface area contributed by atoms with Crippen molar-refractivity contribution in [1.82, 2.24) is 0 Å². The highest BCUT2D eigenvalue weighted by Gasteiger charge is 2.15. The van der Waals surface area contributed by atoms with Crippen LogP contribution in [0.2, 0.25) is 0 Å². The van der Waals surface area contributed by atoms with Crippen LogP contribution < -0.4 is 0 Å². The Morgan fingerprint density at radius 1 is 0.824 bits per heavy atom. The molecule has 106 valence electrons. The summed E-state index contributed by atoms with van der Waals surface area (Å²) in [4.78, 5) is 0. The Bertz CT molecular complexity index is 159. The smallest absolute Gasteiger partial charge is 0.0230 e. The summed E-state index contributed by atoms with van der Waals surface area (Å²) in [6.45, 7) is 9.41. The Morgan fingerprint density at radius 3 is 1.88 bits per heavy atom. The summed E-state index contributed by atoms with van der Waals surface area (Å²) in [6.07, 6.45) is 12.6. The molecule has 0 fully saturated rings. The second-order valence-corrected chi connectivity index (χ2v) is 10.1. The highest BCUT2D eigenvalue weighted by molar-refractivity contribution is 8.33. The Morgan fingerprint density at radius 2 is 1.41 bits per heavy atom. The molecule has 1 unspecified atom stereocenters. The molecular weight excluding hydrogens is 224 g/mol. The van der Waals surface area contributed by atoms with Crippen LogP contribution in [0.25, 0.3) is 0 Å². The predicted molar refractivity (Wildman–Crippen MR) is 86.6 cm³/mol. The zero-order chi connectivity index (χ0) is 13.1. The fourth-order valence-electron chi connectivity index (χ4n) is 2.62. The molecule has 17 heavy (non-hydrogen) atoms. The molecule has 0 aliphatic carbocycles. The summed E-state index contributed by atoms with van der Waals surface area (Å²) in [5, 5.41) is 0. The molecule has 0 rings (SSSR count). The average Bonchev–Trinajstić information content (AvgIpc) is 2.29. The van der Waals surface area contributed by atoms with E-state index in [2.05, 4.69) is 34.0 Å². The molecule has 0 aromatic carbocycles. The molecule has 0 N–H and O–H groups in total. The minimum Gasteiger partial charge on any atom is -0.244 e. The van der Waals surface area contributed by atoms with E-state index in [1.165, 1.54) is 62.2 Å². The first-order valence-corrected chi connectivity index (χ1v) is 10.3. The average molecular weight is 261 g/mol. The lowest BCUT2D eigenvalue weighted by molar-refractivity contribution is 0.483. The van der Waals surface area contributed by atoms with Crippen LogP contribution in [-0.2, 0) is 0 Å². The van der Waals surface area contributed by atoms with Crippen molar-refractivity contribution in [2.24, 2.45) is 5.92 Å². The van der Waals surface area contributed by atoms with E-state index in [-0.39, 0.29) is 10.0 Å². The van der Waals surface area contributed by atoms with Gasteiger partial charge in [0.15, 0.2) is 0 Å². The molecule has 0 aliphatic rings. The van der Waals surface area contributed by atoms with Crippen molar-refractivity contribution in [2.45, 2.75) is 72.6 Å². The van der Waals surface area contributed by atoms with Crippen LogP contribution in [-0.4, -0.2) is 23.5 Å². The summed E-state index contributed by atoms with van der Waals surface area (Å²) in [7, 11) is -0.245. The zero-order valence-electron chi connectivity index (χ0n) is 13.1. The molecular formula is C16H36S. The monoisotopic (exact) mass is 260 g/mol. The van der Waals surface area contributed by atoms with Crippen LogP contribution in [0.1, 0.15) is 72.6 Å². The van der Waals surface area contributed by atoms with E-state index >= 15 is 0 Å². The summed E-state index contributed by atoms with van der Waals surface area (Å²) in [6, 6.07) is 0. The second kappa shape index (κ2) is 10.3. The van der Waals surface area contributed by atoms with Crippen molar-refractivity contribution in [2.75, 3.05) is 23.5 Å². The first-order chi connectivity index (χ1) is 8.08. The van der Waals surface area contributed by atoms with Crippen LogP contribution in [0, 0.1) is 5.92 Å². The van der Waals surface area contributed by atoms with E-state index in [0.29, 0.717) is 0 Å². The van der Waals surface area contributed by atoms with Crippen LogP contribution >= 0.6 is 10.0 Å². The molecule has 0 radical (unpaired) electrons. The van der Waals surface area contributed by atoms with Gasteiger partial charge in [-0.05, 0) is 48.7 Å². The van der Waals surface area contributed by atoms with Crippen molar-refractivity contribution in [3.63, 3.8) is 0 Å². The van der Waals surface area contributed by atoms with Gasteiger partial charge >= 0.3 is 0 Å². The normalized spacial score (nSPS) is 14.9. The van der Waals surface area contributed by atoms with Crippen molar-refractivity contribution in [3.05, 3.63) is 0 Å². The number of hydrogen-bond donors (Lipinski definition) is 0. The fraction of sp³-hybridized carbons (Fsp3) is 1.00. The van der Waals surface area contributed by atoms with E-state index in [9.17, 15) is 0 Å². The van der Waals surface area contributed by atoms with Gasteiger partial charge in [0, 0.05) is 0 Å². The standard InChI is InChI=1S/C16H36S/c1-6-13-17(5,14-7-2)15-11-9-10-12-16(4)8-3/h16H,6-15H2,1-5H3. The van der Waals surface area contributed by atoms with Gasteiger partial charge in [0.1, 0.15) is 0 Å². The zero-order valence-corrected chi connectivity index (χ0v) is 13.9. The predicted octanol–water partition coefficient (Wildman–Crippen LogP) is 5.85. The minimum absolute atomic E-state index is 0.245. The molecule has 0 nitrogen and oxygen atoms in total. The fourth-order valence-corrected chi connectivity index (χ4v) is 6.10. The molecule has 0 aliphatic heterocycles. The molecule has 0 bridgehead atoms. The minimum atomic E-state index is -0.245. The van der Waals surface area contributed by atoms with Gasteiger partial charge in [0.05, 0.1) is 0 Å². The quantitative estimate of drug-likeness (QED) is 0.409. The van der Waals surface area contributed by atoms with Crippen molar-refractivity contribution in [1.29, 1.82) is 0 Å². The Hall–Kier alpha value is 0.350. The Kier molecular flexibility index (Phi) is 10.5. The van der Waals surface area contributed by atoms with E-state index in [0.717, 1.165) is 5.92 Å². The maximum absolute atomic E-state index is 2.59. The van der Waals surface area contributed by atoms with E-state index in [1.807, 2.05) is 0 Å². The number of unbranched alkanes of at least 4 members (excludes halogenated alkanes) is 2.